The molecule has 21 heavy (non-hydrogen) atoms. The van der Waals surface area contributed by atoms with Crippen molar-refractivity contribution in [3.05, 3.63) is 0 Å². The van der Waals surface area contributed by atoms with Crippen molar-refractivity contribution < 1.29 is 14.3 Å². The summed E-state index contributed by atoms with van der Waals surface area (Å²) in [6.07, 6.45) is 5.55. The Morgan fingerprint density at radius 1 is 1.14 bits per heavy atom. The van der Waals surface area contributed by atoms with Crippen LogP contribution in [0.25, 0.3) is 0 Å². The number of hydrogen-bond donors (Lipinski definition) is 1. The second-order valence-corrected chi connectivity index (χ2v) is 6.14. The molecule has 0 spiro atoms. The summed E-state index contributed by atoms with van der Waals surface area (Å²) >= 11 is 0. The lowest BCUT2D eigenvalue weighted by Crippen LogP contribution is -2.40. The molecule has 0 atom stereocenters. The van der Waals surface area contributed by atoms with E-state index in [1.807, 2.05) is 11.8 Å². The summed E-state index contributed by atoms with van der Waals surface area (Å²) in [5.41, 5.74) is 0. The molecule has 2 fully saturated rings. The van der Waals surface area contributed by atoms with Crippen molar-refractivity contribution in [2.24, 2.45) is 11.8 Å². The molecule has 2 aliphatic rings. The number of likely N-dealkylation sites (tertiary alicyclic amines) is 1. The number of carbonyl (C=O) groups excluding carboxylic acids is 2. The molecule has 2 saturated heterocycles. The summed E-state index contributed by atoms with van der Waals surface area (Å²) in [5, 5.41) is 3.35. The number of amides is 1. The SMILES string of the molecule is CCOC(=O)C1CCN(C(=O)CCC2CCNCC2)CC1. The molecule has 0 aromatic heterocycles. The lowest BCUT2D eigenvalue weighted by Gasteiger charge is -2.31. The minimum Gasteiger partial charge on any atom is -0.466 e. The van der Waals surface area contributed by atoms with Crippen molar-refractivity contribution in [3.8, 4) is 0 Å². The summed E-state index contributed by atoms with van der Waals surface area (Å²) in [6, 6.07) is 0. The van der Waals surface area contributed by atoms with Crippen molar-refractivity contribution in [1.29, 1.82) is 0 Å². The van der Waals surface area contributed by atoms with E-state index in [0.717, 1.165) is 32.4 Å². The first kappa shape index (κ1) is 16.3. The largest absolute Gasteiger partial charge is 0.466 e. The van der Waals surface area contributed by atoms with Gasteiger partial charge < -0.3 is 15.0 Å². The highest BCUT2D eigenvalue weighted by atomic mass is 16.5. The van der Waals surface area contributed by atoms with Gasteiger partial charge in [0, 0.05) is 19.5 Å². The quantitative estimate of drug-likeness (QED) is 0.782. The molecule has 0 radical (unpaired) electrons. The average Bonchev–Trinajstić information content (AvgIpc) is 2.54. The number of esters is 1. The first-order valence-electron chi connectivity index (χ1n) is 8.35. The lowest BCUT2D eigenvalue weighted by molar-refractivity contribution is -0.151. The van der Waals surface area contributed by atoms with Gasteiger partial charge in [-0.05, 0) is 58.0 Å². The fraction of sp³-hybridized carbons (Fsp3) is 0.875. The lowest BCUT2D eigenvalue weighted by atomic mass is 9.92. The van der Waals surface area contributed by atoms with Crippen molar-refractivity contribution in [2.45, 2.75) is 45.4 Å². The van der Waals surface area contributed by atoms with E-state index in [4.69, 9.17) is 4.74 Å². The van der Waals surface area contributed by atoms with Crippen molar-refractivity contribution >= 4 is 11.9 Å². The van der Waals surface area contributed by atoms with Gasteiger partial charge in [0.1, 0.15) is 0 Å². The second kappa shape index (κ2) is 8.37. The summed E-state index contributed by atoms with van der Waals surface area (Å²) in [4.78, 5) is 25.8. The van der Waals surface area contributed by atoms with Crippen LogP contribution in [0.1, 0.15) is 45.4 Å². The zero-order chi connectivity index (χ0) is 15.1. The minimum atomic E-state index is -0.0979. The number of ether oxygens (including phenoxy) is 1. The Morgan fingerprint density at radius 2 is 1.81 bits per heavy atom. The van der Waals surface area contributed by atoms with Crippen LogP contribution in [-0.4, -0.2) is 49.6 Å². The van der Waals surface area contributed by atoms with Gasteiger partial charge in [0.2, 0.25) is 5.91 Å². The van der Waals surface area contributed by atoms with E-state index in [0.29, 0.717) is 32.0 Å². The molecule has 0 aromatic rings. The Hall–Kier alpha value is -1.10. The van der Waals surface area contributed by atoms with Crippen molar-refractivity contribution in [2.75, 3.05) is 32.8 Å². The van der Waals surface area contributed by atoms with E-state index >= 15 is 0 Å². The van der Waals surface area contributed by atoms with E-state index < -0.39 is 0 Å². The molecule has 0 saturated carbocycles. The van der Waals surface area contributed by atoms with Crippen LogP contribution in [-0.2, 0) is 14.3 Å². The molecular weight excluding hydrogens is 268 g/mol. The molecule has 1 amide bonds. The van der Waals surface area contributed by atoms with Crippen molar-refractivity contribution in [3.63, 3.8) is 0 Å². The fourth-order valence-corrected chi connectivity index (χ4v) is 3.28. The number of rotatable bonds is 5. The maximum Gasteiger partial charge on any atom is 0.309 e. The van der Waals surface area contributed by atoms with E-state index in [2.05, 4.69) is 5.32 Å². The molecular formula is C16H28N2O3. The van der Waals surface area contributed by atoms with Gasteiger partial charge in [-0.2, -0.15) is 0 Å². The van der Waals surface area contributed by atoms with E-state index in [1.54, 1.807) is 0 Å². The second-order valence-electron chi connectivity index (χ2n) is 6.14. The van der Waals surface area contributed by atoms with Crippen LogP contribution in [0.5, 0.6) is 0 Å². The normalized spacial score (nSPS) is 21.3. The molecule has 120 valence electrons. The maximum atomic E-state index is 12.2. The van der Waals surface area contributed by atoms with Crippen LogP contribution in [0, 0.1) is 11.8 Å². The molecule has 5 nitrogen and oxygen atoms in total. The molecule has 1 N–H and O–H groups in total. The zero-order valence-corrected chi connectivity index (χ0v) is 13.1. The summed E-state index contributed by atoms with van der Waals surface area (Å²) in [6.45, 7) is 5.85. The highest BCUT2D eigenvalue weighted by Crippen LogP contribution is 2.22. The van der Waals surface area contributed by atoms with Gasteiger partial charge in [0.15, 0.2) is 0 Å². The number of nitrogens with zero attached hydrogens (tertiary/aromatic N) is 1. The third-order valence-electron chi connectivity index (χ3n) is 4.69. The number of piperidine rings is 2. The highest BCUT2D eigenvalue weighted by molar-refractivity contribution is 5.77. The molecule has 0 unspecified atom stereocenters. The van der Waals surface area contributed by atoms with Gasteiger partial charge in [0.05, 0.1) is 12.5 Å². The zero-order valence-electron chi connectivity index (χ0n) is 13.1. The van der Waals surface area contributed by atoms with Crippen LogP contribution >= 0.6 is 0 Å². The van der Waals surface area contributed by atoms with Gasteiger partial charge in [-0.15, -0.1) is 0 Å². The summed E-state index contributed by atoms with van der Waals surface area (Å²) in [5.74, 6) is 0.848. The molecule has 2 rings (SSSR count). The van der Waals surface area contributed by atoms with Crippen LogP contribution in [0.3, 0.4) is 0 Å². The van der Waals surface area contributed by atoms with Gasteiger partial charge in [0.25, 0.3) is 0 Å². The Balaban J connectivity index is 1.66. The first-order chi connectivity index (χ1) is 10.2. The third-order valence-corrected chi connectivity index (χ3v) is 4.69. The van der Waals surface area contributed by atoms with Crippen LogP contribution in [0.2, 0.25) is 0 Å². The molecule has 0 aromatic carbocycles. The predicted molar refractivity (Wildman–Crippen MR) is 80.8 cm³/mol. The minimum absolute atomic E-state index is 0.0154. The summed E-state index contributed by atoms with van der Waals surface area (Å²) in [7, 11) is 0. The van der Waals surface area contributed by atoms with Gasteiger partial charge in [-0.25, -0.2) is 0 Å². The van der Waals surface area contributed by atoms with Crippen LogP contribution in [0.4, 0.5) is 0 Å². The molecule has 0 bridgehead atoms. The Bertz CT molecular complexity index is 345. The van der Waals surface area contributed by atoms with Crippen LogP contribution < -0.4 is 5.32 Å². The third kappa shape index (κ3) is 4.99. The first-order valence-corrected chi connectivity index (χ1v) is 8.35. The highest BCUT2D eigenvalue weighted by Gasteiger charge is 2.28. The topological polar surface area (TPSA) is 58.6 Å². The van der Waals surface area contributed by atoms with Gasteiger partial charge >= 0.3 is 5.97 Å². The standard InChI is InChI=1S/C16H28N2O3/c1-2-21-16(20)14-7-11-18(12-8-14)15(19)4-3-13-5-9-17-10-6-13/h13-14,17H,2-12H2,1H3. The molecule has 5 heteroatoms. The van der Waals surface area contributed by atoms with Gasteiger partial charge in [-0.3, -0.25) is 9.59 Å². The number of nitrogens with one attached hydrogen (secondary N) is 1. The monoisotopic (exact) mass is 296 g/mol. The van der Waals surface area contributed by atoms with E-state index in [1.165, 1.54) is 12.8 Å². The molecule has 0 aliphatic carbocycles. The van der Waals surface area contributed by atoms with Crippen LogP contribution in [0.15, 0.2) is 0 Å². The Kier molecular flexibility index (Phi) is 6.49. The smallest absolute Gasteiger partial charge is 0.309 e. The molecule has 2 heterocycles. The van der Waals surface area contributed by atoms with Crippen molar-refractivity contribution in [1.82, 2.24) is 10.2 Å². The van der Waals surface area contributed by atoms with E-state index in [-0.39, 0.29) is 17.8 Å². The maximum absolute atomic E-state index is 12.2. The van der Waals surface area contributed by atoms with E-state index in [9.17, 15) is 9.59 Å². The van der Waals surface area contributed by atoms with Gasteiger partial charge in [-0.1, -0.05) is 0 Å². The molecule has 2 aliphatic heterocycles. The Morgan fingerprint density at radius 3 is 2.43 bits per heavy atom. The number of carbonyl (C=O) groups is 2. The number of hydrogen-bond acceptors (Lipinski definition) is 4. The average molecular weight is 296 g/mol. The summed E-state index contributed by atoms with van der Waals surface area (Å²) < 4.78 is 5.06. The predicted octanol–water partition coefficient (Wildman–Crippen LogP) is 1.57. The fourth-order valence-electron chi connectivity index (χ4n) is 3.28. The Labute approximate surface area is 127 Å².